The number of sulfonamides is 1. The lowest BCUT2D eigenvalue weighted by atomic mass is 10.0. The van der Waals surface area contributed by atoms with Gasteiger partial charge in [-0.05, 0) is 43.5 Å². The van der Waals surface area contributed by atoms with E-state index in [-0.39, 0.29) is 0 Å². The molecule has 1 aliphatic heterocycles. The Balaban J connectivity index is 2.29. The fourth-order valence-electron chi connectivity index (χ4n) is 2.39. The number of benzene rings is 1. The zero-order valence-corrected chi connectivity index (χ0v) is 13.2. The van der Waals surface area contributed by atoms with Gasteiger partial charge in [0.05, 0.1) is 11.9 Å². The van der Waals surface area contributed by atoms with Gasteiger partial charge in [-0.25, -0.2) is 8.42 Å². The summed E-state index contributed by atoms with van der Waals surface area (Å²) < 4.78 is 24.9. The second-order valence-electron chi connectivity index (χ2n) is 5.32. The van der Waals surface area contributed by atoms with Crippen LogP contribution in [0.15, 0.2) is 18.2 Å². The van der Waals surface area contributed by atoms with Crippen LogP contribution in [0, 0.1) is 0 Å². The van der Waals surface area contributed by atoms with Crippen LogP contribution in [0.5, 0.6) is 0 Å². The zero-order chi connectivity index (χ0) is 16.5. The molecule has 1 aromatic rings. The molecule has 1 aliphatic rings. The number of nitrogens with zero attached hydrogens (tertiary/aromatic N) is 1. The Labute approximate surface area is 129 Å². The summed E-state index contributed by atoms with van der Waals surface area (Å²) >= 11 is 0. The molecule has 2 N–H and O–H groups in total. The molecule has 0 saturated heterocycles. The summed E-state index contributed by atoms with van der Waals surface area (Å²) in [6.45, 7) is 1.80. The molecule has 1 aromatic carbocycles. The Morgan fingerprint density at radius 1 is 1.36 bits per heavy atom. The van der Waals surface area contributed by atoms with Crippen LogP contribution in [0.3, 0.4) is 0 Å². The second kappa shape index (κ2) is 5.96. The van der Waals surface area contributed by atoms with Gasteiger partial charge in [0.2, 0.25) is 10.0 Å². The van der Waals surface area contributed by atoms with Crippen LogP contribution in [0.1, 0.15) is 29.3 Å². The Kier molecular flexibility index (Phi) is 4.41. The van der Waals surface area contributed by atoms with Crippen molar-refractivity contribution in [2.75, 3.05) is 17.1 Å². The van der Waals surface area contributed by atoms with Crippen LogP contribution in [-0.4, -0.2) is 44.2 Å². The van der Waals surface area contributed by atoms with E-state index in [0.29, 0.717) is 30.6 Å². The predicted molar refractivity (Wildman–Crippen MR) is 81.5 cm³/mol. The molecule has 0 radical (unpaired) electrons. The molecule has 0 saturated carbocycles. The van der Waals surface area contributed by atoms with Crippen molar-refractivity contribution in [3.05, 3.63) is 29.3 Å². The molecular weight excluding hydrogens is 308 g/mol. The minimum absolute atomic E-state index is 0.321. The van der Waals surface area contributed by atoms with Crippen LogP contribution in [0.2, 0.25) is 0 Å². The van der Waals surface area contributed by atoms with Gasteiger partial charge in [-0.15, -0.1) is 0 Å². The first-order valence-corrected chi connectivity index (χ1v) is 8.69. The normalized spacial score (nSPS) is 15.8. The van der Waals surface area contributed by atoms with Crippen molar-refractivity contribution in [2.45, 2.75) is 25.8 Å². The van der Waals surface area contributed by atoms with Crippen molar-refractivity contribution >= 4 is 27.6 Å². The number of amides is 1. The molecule has 1 atom stereocenters. The van der Waals surface area contributed by atoms with Gasteiger partial charge in [-0.2, -0.15) is 0 Å². The van der Waals surface area contributed by atoms with Crippen molar-refractivity contribution in [1.29, 1.82) is 0 Å². The van der Waals surface area contributed by atoms with Gasteiger partial charge in [0, 0.05) is 12.1 Å². The van der Waals surface area contributed by atoms with Gasteiger partial charge in [0.15, 0.2) is 0 Å². The van der Waals surface area contributed by atoms with Gasteiger partial charge < -0.3 is 10.4 Å². The Hall–Kier alpha value is -2.09. The molecule has 0 spiro atoms. The number of fused-ring (bicyclic) bond motifs is 1. The lowest BCUT2D eigenvalue weighted by Crippen LogP contribution is -2.38. The summed E-state index contributed by atoms with van der Waals surface area (Å²) in [5.74, 6) is -1.61. The molecule has 1 amide bonds. The van der Waals surface area contributed by atoms with Crippen LogP contribution >= 0.6 is 0 Å². The van der Waals surface area contributed by atoms with Crippen LogP contribution < -0.4 is 9.62 Å². The highest BCUT2D eigenvalue weighted by Crippen LogP contribution is 2.29. The Morgan fingerprint density at radius 2 is 2.05 bits per heavy atom. The van der Waals surface area contributed by atoms with Crippen molar-refractivity contribution in [2.24, 2.45) is 0 Å². The average molecular weight is 326 g/mol. The van der Waals surface area contributed by atoms with Gasteiger partial charge in [0.1, 0.15) is 6.04 Å². The number of hydrogen-bond acceptors (Lipinski definition) is 4. The summed E-state index contributed by atoms with van der Waals surface area (Å²) in [4.78, 5) is 22.8. The monoisotopic (exact) mass is 326 g/mol. The number of hydrogen-bond donors (Lipinski definition) is 2. The van der Waals surface area contributed by atoms with E-state index in [1.165, 1.54) is 17.3 Å². The van der Waals surface area contributed by atoms with Gasteiger partial charge in [-0.1, -0.05) is 0 Å². The van der Waals surface area contributed by atoms with E-state index >= 15 is 0 Å². The largest absolute Gasteiger partial charge is 0.480 e. The van der Waals surface area contributed by atoms with Crippen molar-refractivity contribution in [3.8, 4) is 0 Å². The molecule has 0 aliphatic carbocycles. The number of carboxylic acid groups (broad SMARTS) is 1. The molecule has 0 fully saturated rings. The number of carbonyl (C=O) groups excluding carboxylic acids is 1. The van der Waals surface area contributed by atoms with Crippen molar-refractivity contribution in [3.63, 3.8) is 0 Å². The predicted octanol–water partition coefficient (Wildman–Crippen LogP) is 0.602. The molecule has 7 nitrogen and oxygen atoms in total. The smallest absolute Gasteiger partial charge is 0.325 e. The summed E-state index contributed by atoms with van der Waals surface area (Å²) in [7, 11) is -3.35. The maximum atomic E-state index is 12.0. The first kappa shape index (κ1) is 16.3. The summed E-state index contributed by atoms with van der Waals surface area (Å²) in [6, 6.07) is 3.73. The molecule has 120 valence electrons. The number of aliphatic carboxylic acids is 1. The number of aryl methyl sites for hydroxylation is 1. The van der Waals surface area contributed by atoms with E-state index in [0.717, 1.165) is 11.8 Å². The van der Waals surface area contributed by atoms with Gasteiger partial charge >= 0.3 is 5.97 Å². The SMILES string of the molecule is CC(NC(=O)c1ccc2c(c1)CCCN2S(C)(=O)=O)C(=O)O. The number of nitrogens with one attached hydrogen (secondary N) is 1. The average Bonchev–Trinajstić information content (AvgIpc) is 2.44. The van der Waals surface area contributed by atoms with Crippen molar-refractivity contribution in [1.82, 2.24) is 5.32 Å². The third-order valence-corrected chi connectivity index (χ3v) is 4.72. The first-order chi connectivity index (χ1) is 10.2. The number of carbonyl (C=O) groups is 2. The topological polar surface area (TPSA) is 104 Å². The van der Waals surface area contributed by atoms with E-state index in [1.54, 1.807) is 12.1 Å². The standard InChI is InChI=1S/C14H18N2O5S/c1-9(14(18)19)15-13(17)11-5-6-12-10(8-11)4-3-7-16(12)22(2,20)21/h5-6,8-9H,3-4,7H2,1-2H3,(H,15,17)(H,18,19). The second-order valence-corrected chi connectivity index (χ2v) is 7.22. The number of anilines is 1. The molecule has 22 heavy (non-hydrogen) atoms. The highest BCUT2D eigenvalue weighted by atomic mass is 32.2. The fourth-order valence-corrected chi connectivity index (χ4v) is 3.39. The maximum absolute atomic E-state index is 12.0. The minimum Gasteiger partial charge on any atom is -0.480 e. The first-order valence-electron chi connectivity index (χ1n) is 6.84. The van der Waals surface area contributed by atoms with E-state index < -0.39 is 27.9 Å². The Morgan fingerprint density at radius 3 is 2.64 bits per heavy atom. The van der Waals surface area contributed by atoms with Gasteiger partial charge in [0.25, 0.3) is 5.91 Å². The summed E-state index contributed by atoms with van der Waals surface area (Å²) in [5, 5.41) is 11.2. The van der Waals surface area contributed by atoms with E-state index in [4.69, 9.17) is 5.11 Å². The molecule has 2 rings (SSSR count). The molecule has 1 heterocycles. The fraction of sp³-hybridized carbons (Fsp3) is 0.429. The highest BCUT2D eigenvalue weighted by Gasteiger charge is 2.25. The maximum Gasteiger partial charge on any atom is 0.325 e. The van der Waals surface area contributed by atoms with E-state index in [1.807, 2.05) is 0 Å². The molecule has 8 heteroatoms. The van der Waals surface area contributed by atoms with Crippen molar-refractivity contribution < 1.29 is 23.1 Å². The minimum atomic E-state index is -3.35. The third kappa shape index (κ3) is 3.38. The summed E-state index contributed by atoms with van der Waals surface area (Å²) in [6.07, 6.45) is 2.50. The van der Waals surface area contributed by atoms with Crippen LogP contribution in [0.4, 0.5) is 5.69 Å². The van der Waals surface area contributed by atoms with E-state index in [2.05, 4.69) is 5.32 Å². The lowest BCUT2D eigenvalue weighted by molar-refractivity contribution is -0.138. The zero-order valence-electron chi connectivity index (χ0n) is 12.4. The molecular formula is C14H18N2O5S. The third-order valence-electron chi connectivity index (χ3n) is 3.54. The number of carboxylic acids is 1. The quantitative estimate of drug-likeness (QED) is 0.843. The highest BCUT2D eigenvalue weighted by molar-refractivity contribution is 7.92. The summed E-state index contributed by atoms with van der Waals surface area (Å²) in [5.41, 5.74) is 1.67. The molecule has 0 aromatic heterocycles. The lowest BCUT2D eigenvalue weighted by Gasteiger charge is -2.29. The van der Waals surface area contributed by atoms with Crippen LogP contribution in [0.25, 0.3) is 0 Å². The molecule has 1 unspecified atom stereocenters. The number of rotatable bonds is 4. The Bertz CT molecular complexity index is 714. The van der Waals surface area contributed by atoms with E-state index in [9.17, 15) is 18.0 Å². The van der Waals surface area contributed by atoms with Gasteiger partial charge in [-0.3, -0.25) is 13.9 Å². The molecule has 0 bridgehead atoms. The van der Waals surface area contributed by atoms with Crippen LogP contribution in [-0.2, 0) is 21.2 Å².